The van der Waals surface area contributed by atoms with Crippen LogP contribution in [0.2, 0.25) is 0 Å². The lowest BCUT2D eigenvalue weighted by Crippen LogP contribution is -2.50. The molecule has 2 aromatic rings. The molecule has 1 fully saturated rings. The second-order valence-electron chi connectivity index (χ2n) is 6.29. The van der Waals surface area contributed by atoms with Crippen molar-refractivity contribution in [3.63, 3.8) is 0 Å². The van der Waals surface area contributed by atoms with Gasteiger partial charge < -0.3 is 9.80 Å². The first-order valence-corrected chi connectivity index (χ1v) is 8.78. The van der Waals surface area contributed by atoms with Gasteiger partial charge >= 0.3 is 0 Å². The Morgan fingerprint density at radius 2 is 1.84 bits per heavy atom. The molecule has 0 N–H and O–H groups in total. The molecule has 1 saturated heterocycles. The summed E-state index contributed by atoms with van der Waals surface area (Å²) in [5.74, 6) is 0.918. The number of anilines is 2. The van der Waals surface area contributed by atoms with Crippen molar-refractivity contribution in [3.05, 3.63) is 48.3 Å². The highest BCUT2D eigenvalue weighted by Gasteiger charge is 2.23. The first kappa shape index (κ1) is 17.4. The van der Waals surface area contributed by atoms with Crippen molar-refractivity contribution in [2.24, 2.45) is 0 Å². The van der Waals surface area contributed by atoms with Gasteiger partial charge in [-0.3, -0.25) is 9.69 Å². The summed E-state index contributed by atoms with van der Waals surface area (Å²) in [5, 5.41) is 0. The number of rotatable bonds is 5. The summed E-state index contributed by atoms with van der Waals surface area (Å²) >= 11 is 0. The number of hydrogen-bond donors (Lipinski definition) is 0. The van der Waals surface area contributed by atoms with Gasteiger partial charge in [0.1, 0.15) is 0 Å². The third kappa shape index (κ3) is 4.33. The molecule has 0 unspecified atom stereocenters. The first-order valence-electron chi connectivity index (χ1n) is 8.78. The summed E-state index contributed by atoms with van der Waals surface area (Å²) in [7, 11) is 0. The van der Waals surface area contributed by atoms with Crippen molar-refractivity contribution in [1.82, 2.24) is 14.9 Å². The molecule has 3 rings (SSSR count). The summed E-state index contributed by atoms with van der Waals surface area (Å²) in [6.45, 7) is 8.56. The number of likely N-dealkylation sites (N-methyl/N-ethyl adjacent to an activating group) is 1. The van der Waals surface area contributed by atoms with Gasteiger partial charge in [0.05, 0.1) is 6.54 Å². The van der Waals surface area contributed by atoms with Crippen LogP contribution in [0.25, 0.3) is 0 Å². The highest BCUT2D eigenvalue weighted by molar-refractivity contribution is 5.94. The minimum Gasteiger partial charge on any atom is -0.338 e. The van der Waals surface area contributed by atoms with Crippen LogP contribution in [0, 0.1) is 6.92 Å². The van der Waals surface area contributed by atoms with Gasteiger partial charge in [0.2, 0.25) is 11.9 Å². The van der Waals surface area contributed by atoms with E-state index >= 15 is 0 Å². The number of aryl methyl sites for hydroxylation is 1. The van der Waals surface area contributed by atoms with E-state index < -0.39 is 0 Å². The molecular weight excluding hydrogens is 314 g/mol. The van der Waals surface area contributed by atoms with Crippen molar-refractivity contribution in [1.29, 1.82) is 0 Å². The number of nitrogens with zero attached hydrogens (tertiary/aromatic N) is 5. The summed E-state index contributed by atoms with van der Waals surface area (Å²) in [5.41, 5.74) is 2.14. The fourth-order valence-corrected chi connectivity index (χ4v) is 3.14. The Morgan fingerprint density at radius 3 is 2.48 bits per heavy atom. The summed E-state index contributed by atoms with van der Waals surface area (Å²) in [6.07, 6.45) is 3.53. The average Bonchev–Trinajstić information content (AvgIpc) is 2.64. The Balaban J connectivity index is 1.56. The van der Waals surface area contributed by atoms with Gasteiger partial charge in [0.15, 0.2) is 0 Å². The van der Waals surface area contributed by atoms with Crippen molar-refractivity contribution < 1.29 is 4.79 Å². The molecular formula is C19H25N5O. The van der Waals surface area contributed by atoms with Crippen LogP contribution < -0.4 is 9.80 Å². The van der Waals surface area contributed by atoms with Gasteiger partial charge in [-0.15, -0.1) is 0 Å². The molecule has 0 bridgehead atoms. The van der Waals surface area contributed by atoms with Gasteiger partial charge in [-0.2, -0.15) is 0 Å². The zero-order chi connectivity index (χ0) is 17.6. The molecule has 2 heterocycles. The third-order valence-corrected chi connectivity index (χ3v) is 4.50. The van der Waals surface area contributed by atoms with Crippen LogP contribution in [0.1, 0.15) is 12.5 Å². The molecule has 0 atom stereocenters. The predicted molar refractivity (Wildman–Crippen MR) is 99.9 cm³/mol. The zero-order valence-corrected chi connectivity index (χ0v) is 14.9. The third-order valence-electron chi connectivity index (χ3n) is 4.50. The lowest BCUT2D eigenvalue weighted by Gasteiger charge is -2.35. The molecule has 0 aliphatic carbocycles. The topological polar surface area (TPSA) is 52.6 Å². The van der Waals surface area contributed by atoms with Crippen LogP contribution in [-0.2, 0) is 4.79 Å². The Labute approximate surface area is 149 Å². The monoisotopic (exact) mass is 339 g/mol. The molecule has 1 aromatic carbocycles. The Hall–Kier alpha value is -2.47. The Morgan fingerprint density at radius 1 is 1.12 bits per heavy atom. The molecule has 0 radical (unpaired) electrons. The Bertz CT molecular complexity index is 698. The predicted octanol–water partition coefficient (Wildman–Crippen LogP) is 1.96. The first-order chi connectivity index (χ1) is 12.2. The average molecular weight is 339 g/mol. The molecule has 6 nitrogen and oxygen atoms in total. The van der Waals surface area contributed by atoms with E-state index in [2.05, 4.69) is 25.8 Å². The number of carbonyl (C=O) groups excluding carboxylic acids is 1. The number of piperazine rings is 1. The van der Waals surface area contributed by atoms with E-state index in [1.165, 1.54) is 5.56 Å². The van der Waals surface area contributed by atoms with E-state index in [0.717, 1.165) is 37.8 Å². The van der Waals surface area contributed by atoms with Gasteiger partial charge in [-0.05, 0) is 37.6 Å². The Kier molecular flexibility index (Phi) is 5.60. The molecule has 6 heteroatoms. The number of amides is 1. The fourth-order valence-electron chi connectivity index (χ4n) is 3.14. The second kappa shape index (κ2) is 8.07. The molecule has 132 valence electrons. The van der Waals surface area contributed by atoms with Gasteiger partial charge in [-0.25, -0.2) is 9.97 Å². The van der Waals surface area contributed by atoms with E-state index in [9.17, 15) is 4.79 Å². The summed E-state index contributed by atoms with van der Waals surface area (Å²) < 4.78 is 0. The summed E-state index contributed by atoms with van der Waals surface area (Å²) in [6, 6.07) is 9.93. The van der Waals surface area contributed by atoms with Crippen molar-refractivity contribution in [2.75, 3.05) is 49.1 Å². The van der Waals surface area contributed by atoms with Crippen LogP contribution in [-0.4, -0.2) is 60.0 Å². The lowest BCUT2D eigenvalue weighted by molar-refractivity contribution is -0.119. The van der Waals surface area contributed by atoms with Crippen LogP contribution in [0.15, 0.2) is 42.7 Å². The van der Waals surface area contributed by atoms with E-state index in [-0.39, 0.29) is 5.91 Å². The lowest BCUT2D eigenvalue weighted by atomic mass is 10.2. The fraction of sp³-hybridized carbons (Fsp3) is 0.421. The van der Waals surface area contributed by atoms with E-state index in [1.54, 1.807) is 12.4 Å². The van der Waals surface area contributed by atoms with Crippen LogP contribution in [0.5, 0.6) is 0 Å². The molecule has 1 aliphatic rings. The largest absolute Gasteiger partial charge is 0.338 e. The van der Waals surface area contributed by atoms with Crippen molar-refractivity contribution in [2.45, 2.75) is 13.8 Å². The maximum absolute atomic E-state index is 12.8. The maximum atomic E-state index is 12.8. The second-order valence-corrected chi connectivity index (χ2v) is 6.29. The summed E-state index contributed by atoms with van der Waals surface area (Å²) in [4.78, 5) is 27.6. The maximum Gasteiger partial charge on any atom is 0.241 e. The molecule has 0 saturated carbocycles. The van der Waals surface area contributed by atoms with Gasteiger partial charge in [0, 0.05) is 50.8 Å². The van der Waals surface area contributed by atoms with Gasteiger partial charge in [-0.1, -0.05) is 12.1 Å². The van der Waals surface area contributed by atoms with Gasteiger partial charge in [0.25, 0.3) is 0 Å². The number of hydrogen-bond acceptors (Lipinski definition) is 5. The highest BCUT2D eigenvalue weighted by atomic mass is 16.2. The molecule has 1 amide bonds. The highest BCUT2D eigenvalue weighted by Crippen LogP contribution is 2.17. The van der Waals surface area contributed by atoms with Crippen molar-refractivity contribution in [3.8, 4) is 0 Å². The molecule has 25 heavy (non-hydrogen) atoms. The quantitative estimate of drug-likeness (QED) is 0.833. The molecule has 0 spiro atoms. The minimum atomic E-state index is 0.150. The SMILES string of the molecule is CCN(C(=O)CN1CCN(c2ncccn2)CC1)c1cccc(C)c1. The van der Waals surface area contributed by atoms with E-state index in [0.29, 0.717) is 13.1 Å². The minimum absolute atomic E-state index is 0.150. The normalized spacial score (nSPS) is 15.2. The standard InChI is InChI=1S/C19H25N5O/c1-3-24(17-7-4-6-16(2)14-17)18(25)15-22-10-12-23(13-11-22)19-20-8-5-9-21-19/h4-9,14H,3,10-13,15H2,1-2H3. The molecule has 1 aliphatic heterocycles. The van der Waals surface area contributed by atoms with E-state index in [4.69, 9.17) is 0 Å². The van der Waals surface area contributed by atoms with Crippen LogP contribution in [0.3, 0.4) is 0 Å². The molecule has 1 aromatic heterocycles. The number of carbonyl (C=O) groups is 1. The van der Waals surface area contributed by atoms with E-state index in [1.807, 2.05) is 43.0 Å². The smallest absolute Gasteiger partial charge is 0.241 e. The van der Waals surface area contributed by atoms with Crippen LogP contribution in [0.4, 0.5) is 11.6 Å². The van der Waals surface area contributed by atoms with Crippen LogP contribution >= 0.6 is 0 Å². The number of aromatic nitrogens is 2. The zero-order valence-electron chi connectivity index (χ0n) is 14.9. The van der Waals surface area contributed by atoms with Crippen molar-refractivity contribution >= 4 is 17.5 Å². The number of benzene rings is 1.